The van der Waals surface area contributed by atoms with Gasteiger partial charge in [0.15, 0.2) is 11.3 Å². The van der Waals surface area contributed by atoms with Crippen LogP contribution in [0.1, 0.15) is 24.7 Å². The highest BCUT2D eigenvalue weighted by Crippen LogP contribution is 2.31. The first kappa shape index (κ1) is 21.7. The minimum Gasteiger partial charge on any atom is -0.493 e. The van der Waals surface area contributed by atoms with Crippen molar-refractivity contribution in [2.45, 2.75) is 38.1 Å². The number of fused-ring (bicyclic) bond motifs is 1. The van der Waals surface area contributed by atoms with Gasteiger partial charge in [0.05, 0.1) is 26.3 Å². The SMILES string of the molecule is COc1cccc2cc(CNC(=O)C3(C)CC(O)CN3C(=O)OCc3ccccc3)oc12. The van der Waals surface area contributed by atoms with E-state index < -0.39 is 23.6 Å². The molecule has 2 aromatic carbocycles. The second kappa shape index (κ2) is 8.92. The molecule has 1 saturated heterocycles. The molecule has 0 bridgehead atoms. The number of carbonyl (C=O) groups excluding carboxylic acids is 2. The van der Waals surface area contributed by atoms with E-state index in [-0.39, 0.29) is 26.1 Å². The summed E-state index contributed by atoms with van der Waals surface area (Å²) in [5.41, 5.74) is 0.205. The number of para-hydroxylation sites is 1. The van der Waals surface area contributed by atoms with E-state index in [1.165, 1.54) is 4.90 Å². The number of β-amino-alcohol motifs (C(OH)–C–C–N with tert-alkyl or cyclic N) is 1. The van der Waals surface area contributed by atoms with E-state index in [9.17, 15) is 14.7 Å². The molecular weight excluding hydrogens is 412 g/mol. The average molecular weight is 438 g/mol. The van der Waals surface area contributed by atoms with Crippen molar-refractivity contribution in [3.8, 4) is 5.75 Å². The number of aliphatic hydroxyl groups is 1. The Morgan fingerprint density at radius 1 is 1.22 bits per heavy atom. The fourth-order valence-electron chi connectivity index (χ4n) is 4.03. The van der Waals surface area contributed by atoms with Gasteiger partial charge in [-0.05, 0) is 24.6 Å². The maximum absolute atomic E-state index is 13.1. The monoisotopic (exact) mass is 438 g/mol. The number of hydrogen-bond donors (Lipinski definition) is 2. The van der Waals surface area contributed by atoms with Gasteiger partial charge in [-0.1, -0.05) is 42.5 Å². The van der Waals surface area contributed by atoms with Gasteiger partial charge in [0.1, 0.15) is 17.9 Å². The van der Waals surface area contributed by atoms with E-state index >= 15 is 0 Å². The summed E-state index contributed by atoms with van der Waals surface area (Å²) in [6, 6.07) is 16.7. The normalized spacial score (nSPS) is 20.3. The molecule has 1 aliphatic rings. The van der Waals surface area contributed by atoms with Crippen molar-refractivity contribution in [2.75, 3.05) is 13.7 Å². The quantitative estimate of drug-likeness (QED) is 0.613. The summed E-state index contributed by atoms with van der Waals surface area (Å²) in [6.07, 6.45) is -1.34. The average Bonchev–Trinajstić information content (AvgIpc) is 3.36. The maximum atomic E-state index is 13.1. The highest BCUT2D eigenvalue weighted by Gasteiger charge is 2.50. The molecule has 2 heterocycles. The number of likely N-dealkylation sites (tertiary alicyclic amines) is 1. The van der Waals surface area contributed by atoms with Gasteiger partial charge >= 0.3 is 6.09 Å². The fourth-order valence-corrected chi connectivity index (χ4v) is 4.03. The Bertz CT molecular complexity index is 1110. The Balaban J connectivity index is 1.43. The molecule has 1 aromatic heterocycles. The van der Waals surface area contributed by atoms with Gasteiger partial charge in [-0.2, -0.15) is 0 Å². The zero-order chi connectivity index (χ0) is 22.7. The molecular formula is C24H26N2O6. The molecule has 2 N–H and O–H groups in total. The summed E-state index contributed by atoms with van der Waals surface area (Å²) in [4.78, 5) is 27.1. The summed E-state index contributed by atoms with van der Waals surface area (Å²) in [5.74, 6) is 0.773. The van der Waals surface area contributed by atoms with Gasteiger partial charge in [-0.3, -0.25) is 9.69 Å². The van der Waals surface area contributed by atoms with Crippen LogP contribution in [0.4, 0.5) is 4.79 Å². The Hall–Kier alpha value is -3.52. The molecule has 4 rings (SSSR count). The van der Waals surface area contributed by atoms with Gasteiger partial charge in [0.25, 0.3) is 0 Å². The van der Waals surface area contributed by atoms with Crippen LogP contribution in [0.15, 0.2) is 59.0 Å². The van der Waals surface area contributed by atoms with Gasteiger partial charge in [0, 0.05) is 11.8 Å². The number of aliphatic hydroxyl groups excluding tert-OH is 1. The third-order valence-corrected chi connectivity index (χ3v) is 5.74. The number of nitrogens with zero attached hydrogens (tertiary/aromatic N) is 1. The van der Waals surface area contributed by atoms with Crippen LogP contribution in [0.25, 0.3) is 11.0 Å². The summed E-state index contributed by atoms with van der Waals surface area (Å²) in [6.45, 7) is 1.88. The number of carbonyl (C=O) groups is 2. The lowest BCUT2D eigenvalue weighted by molar-refractivity contribution is -0.130. The van der Waals surface area contributed by atoms with E-state index in [4.69, 9.17) is 13.9 Å². The summed E-state index contributed by atoms with van der Waals surface area (Å²) < 4.78 is 16.5. The Morgan fingerprint density at radius 3 is 2.75 bits per heavy atom. The molecule has 2 amide bonds. The van der Waals surface area contributed by atoms with E-state index in [1.807, 2.05) is 48.5 Å². The van der Waals surface area contributed by atoms with E-state index in [2.05, 4.69) is 5.32 Å². The topological polar surface area (TPSA) is 101 Å². The number of benzene rings is 2. The molecule has 3 aromatic rings. The van der Waals surface area contributed by atoms with Crippen molar-refractivity contribution in [1.29, 1.82) is 0 Å². The van der Waals surface area contributed by atoms with Crippen molar-refractivity contribution in [1.82, 2.24) is 10.2 Å². The zero-order valence-electron chi connectivity index (χ0n) is 18.0. The first-order chi connectivity index (χ1) is 15.4. The first-order valence-corrected chi connectivity index (χ1v) is 10.4. The molecule has 0 aliphatic carbocycles. The molecule has 1 fully saturated rings. The van der Waals surface area contributed by atoms with Crippen molar-refractivity contribution < 1.29 is 28.6 Å². The smallest absolute Gasteiger partial charge is 0.411 e. The second-order valence-electron chi connectivity index (χ2n) is 8.06. The molecule has 2 atom stereocenters. The fraction of sp³-hybridized carbons (Fsp3) is 0.333. The van der Waals surface area contributed by atoms with E-state index in [0.29, 0.717) is 17.1 Å². The largest absolute Gasteiger partial charge is 0.493 e. The minimum atomic E-state index is -1.24. The second-order valence-corrected chi connectivity index (χ2v) is 8.06. The lowest BCUT2D eigenvalue weighted by Gasteiger charge is -2.32. The molecule has 0 spiro atoms. The number of nitrogens with one attached hydrogen (secondary N) is 1. The molecule has 2 unspecified atom stereocenters. The predicted molar refractivity (Wildman–Crippen MR) is 117 cm³/mol. The van der Waals surface area contributed by atoms with Gasteiger partial charge in [0.2, 0.25) is 5.91 Å². The van der Waals surface area contributed by atoms with Crippen LogP contribution >= 0.6 is 0 Å². The lowest BCUT2D eigenvalue weighted by Crippen LogP contribution is -2.55. The predicted octanol–water partition coefficient (Wildman–Crippen LogP) is 3.22. The van der Waals surface area contributed by atoms with Crippen LogP contribution < -0.4 is 10.1 Å². The standard InChI is InChI=1S/C24H26N2O6/c1-24(12-18(27)14-26(24)23(29)31-15-16-7-4-3-5-8-16)22(28)25-13-19-11-17-9-6-10-20(30-2)21(17)32-19/h3-11,18,27H,12-15H2,1-2H3,(H,25,28). The van der Waals surface area contributed by atoms with Gasteiger partial charge < -0.3 is 24.3 Å². The summed E-state index contributed by atoms with van der Waals surface area (Å²) in [5, 5.41) is 13.9. The molecule has 8 nitrogen and oxygen atoms in total. The lowest BCUT2D eigenvalue weighted by atomic mass is 9.97. The Labute approximate surface area is 185 Å². The number of methoxy groups -OCH3 is 1. The number of furan rings is 1. The van der Waals surface area contributed by atoms with Gasteiger partial charge in [-0.25, -0.2) is 4.79 Å². The van der Waals surface area contributed by atoms with E-state index in [0.717, 1.165) is 10.9 Å². The zero-order valence-corrected chi connectivity index (χ0v) is 18.0. The van der Waals surface area contributed by atoms with Crippen molar-refractivity contribution in [3.63, 3.8) is 0 Å². The van der Waals surface area contributed by atoms with E-state index in [1.54, 1.807) is 20.1 Å². The minimum absolute atomic E-state index is 0.0272. The molecule has 32 heavy (non-hydrogen) atoms. The maximum Gasteiger partial charge on any atom is 0.411 e. The number of rotatable bonds is 6. The summed E-state index contributed by atoms with van der Waals surface area (Å²) >= 11 is 0. The molecule has 1 aliphatic heterocycles. The summed E-state index contributed by atoms with van der Waals surface area (Å²) in [7, 11) is 1.57. The van der Waals surface area contributed by atoms with Gasteiger partial charge in [-0.15, -0.1) is 0 Å². The first-order valence-electron chi connectivity index (χ1n) is 10.4. The van der Waals surface area contributed by atoms with Crippen LogP contribution in [0.2, 0.25) is 0 Å². The van der Waals surface area contributed by atoms with Crippen molar-refractivity contribution >= 4 is 23.0 Å². The third-order valence-electron chi connectivity index (χ3n) is 5.74. The molecule has 8 heteroatoms. The molecule has 0 saturated carbocycles. The van der Waals surface area contributed by atoms with Crippen LogP contribution in [0.3, 0.4) is 0 Å². The number of amides is 2. The highest BCUT2D eigenvalue weighted by molar-refractivity contribution is 5.90. The Morgan fingerprint density at radius 2 is 2.00 bits per heavy atom. The Kier molecular flexibility index (Phi) is 6.05. The highest BCUT2D eigenvalue weighted by atomic mass is 16.6. The molecule has 168 valence electrons. The molecule has 0 radical (unpaired) electrons. The van der Waals surface area contributed by atoms with Crippen LogP contribution in [-0.4, -0.2) is 47.3 Å². The van der Waals surface area contributed by atoms with Crippen LogP contribution in [-0.2, 0) is 22.7 Å². The number of hydrogen-bond acceptors (Lipinski definition) is 6. The van der Waals surface area contributed by atoms with Crippen LogP contribution in [0.5, 0.6) is 5.75 Å². The number of ether oxygens (including phenoxy) is 2. The third kappa shape index (κ3) is 4.27. The van der Waals surface area contributed by atoms with Crippen molar-refractivity contribution in [2.24, 2.45) is 0 Å². The van der Waals surface area contributed by atoms with Crippen LogP contribution in [0, 0.1) is 0 Å². The van der Waals surface area contributed by atoms with Crippen molar-refractivity contribution in [3.05, 3.63) is 65.9 Å².